The molecular formula is C21H21N3O3S. The van der Waals surface area contributed by atoms with Gasteiger partial charge in [0.25, 0.3) is 11.5 Å². The first-order valence-electron chi connectivity index (χ1n) is 9.28. The highest BCUT2D eigenvalue weighted by atomic mass is 32.1. The van der Waals surface area contributed by atoms with E-state index in [4.69, 9.17) is 4.74 Å². The molecule has 0 saturated carbocycles. The highest BCUT2D eigenvalue weighted by Gasteiger charge is 2.27. The predicted molar refractivity (Wildman–Crippen MR) is 109 cm³/mol. The molecule has 0 bridgehead atoms. The maximum absolute atomic E-state index is 12.6. The lowest BCUT2D eigenvalue weighted by molar-refractivity contribution is -0.134. The van der Waals surface area contributed by atoms with Crippen molar-refractivity contribution in [3.63, 3.8) is 0 Å². The summed E-state index contributed by atoms with van der Waals surface area (Å²) in [6.07, 6.45) is 1.76. The van der Waals surface area contributed by atoms with Crippen molar-refractivity contribution >= 4 is 17.2 Å². The minimum atomic E-state index is -0.165. The van der Waals surface area contributed by atoms with Gasteiger partial charge in [-0.15, -0.1) is 0 Å². The molecule has 1 aliphatic rings. The Morgan fingerprint density at radius 1 is 1.29 bits per heavy atom. The number of rotatable bonds is 5. The highest BCUT2D eigenvalue weighted by molar-refractivity contribution is 7.08. The summed E-state index contributed by atoms with van der Waals surface area (Å²) in [5, 5.41) is 3.94. The summed E-state index contributed by atoms with van der Waals surface area (Å²) in [6, 6.07) is 12.8. The van der Waals surface area contributed by atoms with Crippen LogP contribution in [-0.4, -0.2) is 40.5 Å². The minimum absolute atomic E-state index is 0.00955. The molecule has 1 aliphatic heterocycles. The van der Waals surface area contributed by atoms with E-state index in [1.807, 2.05) is 47.2 Å². The van der Waals surface area contributed by atoms with E-state index in [2.05, 4.69) is 9.97 Å². The molecule has 1 aromatic carbocycles. The van der Waals surface area contributed by atoms with E-state index in [0.717, 1.165) is 18.4 Å². The van der Waals surface area contributed by atoms with Crippen LogP contribution in [0.5, 0.6) is 5.75 Å². The number of hydrogen-bond donors (Lipinski definition) is 1. The number of likely N-dealkylation sites (tertiary alicyclic amines) is 1. The SMILES string of the molecule is O=C(COc1ccccc1)N1CCC[C@@H](c2nc(-c3ccsc3)cc(=O)[nH]2)C1. The summed E-state index contributed by atoms with van der Waals surface area (Å²) < 4.78 is 5.59. The average molecular weight is 395 g/mol. The molecular weight excluding hydrogens is 374 g/mol. The van der Waals surface area contributed by atoms with Crippen molar-refractivity contribution in [2.45, 2.75) is 18.8 Å². The van der Waals surface area contributed by atoms with Crippen LogP contribution in [0.4, 0.5) is 0 Å². The summed E-state index contributed by atoms with van der Waals surface area (Å²) in [7, 11) is 0. The summed E-state index contributed by atoms with van der Waals surface area (Å²) in [5.74, 6) is 1.29. The van der Waals surface area contributed by atoms with Gasteiger partial charge in [-0.2, -0.15) is 11.3 Å². The summed E-state index contributed by atoms with van der Waals surface area (Å²) in [4.78, 5) is 34.0. The molecule has 1 N–H and O–H groups in total. The molecule has 2 aromatic heterocycles. The maximum Gasteiger partial charge on any atom is 0.260 e. The maximum atomic E-state index is 12.6. The third-order valence-corrected chi connectivity index (χ3v) is 5.53. The van der Waals surface area contributed by atoms with E-state index >= 15 is 0 Å². The van der Waals surface area contributed by atoms with Crippen LogP contribution in [0.1, 0.15) is 24.6 Å². The fourth-order valence-electron chi connectivity index (χ4n) is 3.41. The lowest BCUT2D eigenvalue weighted by Crippen LogP contribution is -2.42. The lowest BCUT2D eigenvalue weighted by Gasteiger charge is -2.32. The van der Waals surface area contributed by atoms with Crippen LogP contribution in [-0.2, 0) is 4.79 Å². The molecule has 1 atom stereocenters. The van der Waals surface area contributed by atoms with Crippen LogP contribution in [0.2, 0.25) is 0 Å². The number of aromatic amines is 1. The van der Waals surface area contributed by atoms with Crippen molar-refractivity contribution in [3.8, 4) is 17.0 Å². The molecule has 0 aliphatic carbocycles. The normalized spacial score (nSPS) is 16.7. The fourth-order valence-corrected chi connectivity index (χ4v) is 4.06. The zero-order valence-corrected chi connectivity index (χ0v) is 16.2. The van der Waals surface area contributed by atoms with Gasteiger partial charge in [0, 0.05) is 36.0 Å². The van der Waals surface area contributed by atoms with E-state index in [1.54, 1.807) is 16.2 Å². The van der Waals surface area contributed by atoms with Gasteiger partial charge in [0.05, 0.1) is 5.69 Å². The molecule has 4 rings (SSSR count). The Morgan fingerprint density at radius 3 is 2.93 bits per heavy atom. The smallest absolute Gasteiger partial charge is 0.260 e. The number of carbonyl (C=O) groups is 1. The van der Waals surface area contributed by atoms with Crippen LogP contribution in [0, 0.1) is 0 Å². The van der Waals surface area contributed by atoms with Gasteiger partial charge in [-0.3, -0.25) is 9.59 Å². The molecule has 0 spiro atoms. The largest absolute Gasteiger partial charge is 0.484 e. The molecule has 0 radical (unpaired) electrons. The van der Waals surface area contributed by atoms with Crippen LogP contribution >= 0.6 is 11.3 Å². The summed E-state index contributed by atoms with van der Waals surface area (Å²) >= 11 is 1.57. The first-order chi connectivity index (χ1) is 13.7. The van der Waals surface area contributed by atoms with E-state index in [0.29, 0.717) is 30.4 Å². The van der Waals surface area contributed by atoms with Crippen molar-refractivity contribution in [1.82, 2.24) is 14.9 Å². The molecule has 3 heterocycles. The number of hydrogen-bond acceptors (Lipinski definition) is 5. The second-order valence-corrected chi connectivity index (χ2v) is 7.59. The first kappa shape index (κ1) is 18.4. The van der Waals surface area contributed by atoms with Gasteiger partial charge < -0.3 is 14.6 Å². The van der Waals surface area contributed by atoms with Crippen molar-refractivity contribution < 1.29 is 9.53 Å². The number of nitrogens with zero attached hydrogens (tertiary/aromatic N) is 2. The zero-order valence-electron chi connectivity index (χ0n) is 15.3. The third kappa shape index (κ3) is 4.31. The number of aromatic nitrogens is 2. The Kier molecular flexibility index (Phi) is 5.53. The van der Waals surface area contributed by atoms with Crippen molar-refractivity contribution in [2.75, 3.05) is 19.7 Å². The standard InChI is InChI=1S/C21H21N3O3S/c25-19-11-18(16-8-10-28-14-16)22-21(23-19)15-5-4-9-24(12-15)20(26)13-27-17-6-2-1-3-7-17/h1-3,6-8,10-11,14-15H,4-5,9,12-13H2,(H,22,23,25)/t15-/m1/s1. The predicted octanol–water partition coefficient (Wildman–Crippen LogP) is 3.28. The molecule has 7 heteroatoms. The van der Waals surface area contributed by atoms with E-state index < -0.39 is 0 Å². The van der Waals surface area contributed by atoms with Gasteiger partial charge in [0.1, 0.15) is 11.6 Å². The summed E-state index contributed by atoms with van der Waals surface area (Å²) in [5.41, 5.74) is 1.45. The number of piperidine rings is 1. The molecule has 0 unspecified atom stereocenters. The van der Waals surface area contributed by atoms with Crippen LogP contribution in [0.3, 0.4) is 0 Å². The van der Waals surface area contributed by atoms with Gasteiger partial charge in [0.15, 0.2) is 6.61 Å². The van der Waals surface area contributed by atoms with Gasteiger partial charge in [0.2, 0.25) is 0 Å². The van der Waals surface area contributed by atoms with Crippen molar-refractivity contribution in [3.05, 3.63) is 69.4 Å². The second-order valence-electron chi connectivity index (χ2n) is 6.81. The second kappa shape index (κ2) is 8.39. The third-order valence-electron chi connectivity index (χ3n) is 4.84. The number of para-hydroxylation sites is 1. The van der Waals surface area contributed by atoms with Crippen molar-refractivity contribution in [1.29, 1.82) is 0 Å². The average Bonchev–Trinajstić information content (AvgIpc) is 3.27. The molecule has 1 amide bonds. The van der Waals surface area contributed by atoms with Gasteiger partial charge >= 0.3 is 0 Å². The first-order valence-corrected chi connectivity index (χ1v) is 10.2. The highest BCUT2D eigenvalue weighted by Crippen LogP contribution is 2.26. The molecule has 28 heavy (non-hydrogen) atoms. The van der Waals surface area contributed by atoms with Crippen molar-refractivity contribution in [2.24, 2.45) is 0 Å². The summed E-state index contributed by atoms with van der Waals surface area (Å²) in [6.45, 7) is 1.24. The Labute approximate surface area is 166 Å². The fraction of sp³-hybridized carbons (Fsp3) is 0.286. The molecule has 144 valence electrons. The van der Waals surface area contributed by atoms with Crippen LogP contribution in [0.15, 0.2) is 58.0 Å². The molecule has 3 aromatic rings. The topological polar surface area (TPSA) is 75.3 Å². The number of benzene rings is 1. The van der Waals surface area contributed by atoms with E-state index in [1.165, 1.54) is 6.07 Å². The number of nitrogens with one attached hydrogen (secondary N) is 1. The molecule has 1 fully saturated rings. The quantitative estimate of drug-likeness (QED) is 0.719. The number of H-pyrrole nitrogens is 1. The lowest BCUT2D eigenvalue weighted by atomic mass is 9.97. The zero-order chi connectivity index (χ0) is 19.3. The number of ether oxygens (including phenoxy) is 1. The molecule has 1 saturated heterocycles. The van der Waals surface area contributed by atoms with Crippen LogP contribution < -0.4 is 10.3 Å². The van der Waals surface area contributed by atoms with Crippen LogP contribution in [0.25, 0.3) is 11.3 Å². The van der Waals surface area contributed by atoms with Gasteiger partial charge in [-0.25, -0.2) is 4.98 Å². The number of carbonyl (C=O) groups excluding carboxylic acids is 1. The Balaban J connectivity index is 1.45. The monoisotopic (exact) mass is 395 g/mol. The van der Waals surface area contributed by atoms with E-state index in [9.17, 15) is 9.59 Å². The number of amides is 1. The Hall–Kier alpha value is -2.93. The Morgan fingerprint density at radius 2 is 2.14 bits per heavy atom. The minimum Gasteiger partial charge on any atom is -0.484 e. The number of thiophene rings is 1. The van der Waals surface area contributed by atoms with Gasteiger partial charge in [-0.05, 0) is 36.4 Å². The Bertz CT molecular complexity index is 986. The van der Waals surface area contributed by atoms with Gasteiger partial charge in [-0.1, -0.05) is 18.2 Å². The molecule has 6 nitrogen and oxygen atoms in total. The van der Waals surface area contributed by atoms with E-state index in [-0.39, 0.29) is 24.0 Å².